The van der Waals surface area contributed by atoms with Crippen molar-refractivity contribution in [2.75, 3.05) is 18.1 Å². The predicted octanol–water partition coefficient (Wildman–Crippen LogP) is 2.37. The molecular formula is C13H16F2O4S. The molecule has 20 heavy (non-hydrogen) atoms. The van der Waals surface area contributed by atoms with Crippen molar-refractivity contribution < 1.29 is 26.7 Å². The third-order valence-electron chi connectivity index (χ3n) is 2.67. The molecule has 0 fully saturated rings. The van der Waals surface area contributed by atoms with Crippen LogP contribution in [-0.2, 0) is 9.84 Å². The number of carbonyl (C=O) groups is 1. The Hall–Kier alpha value is -1.50. The number of hydrogen-bond acceptors (Lipinski definition) is 4. The molecular weight excluding hydrogens is 290 g/mol. The Kier molecular flexibility index (Phi) is 5.62. The Balaban J connectivity index is 2.76. The van der Waals surface area contributed by atoms with Crippen molar-refractivity contribution in [3.8, 4) is 5.75 Å². The van der Waals surface area contributed by atoms with Gasteiger partial charge in [-0.25, -0.2) is 17.2 Å². The molecule has 0 spiro atoms. The molecule has 0 aliphatic rings. The summed E-state index contributed by atoms with van der Waals surface area (Å²) in [4.78, 5) is 11.3. The summed E-state index contributed by atoms with van der Waals surface area (Å²) in [7, 11) is -3.11. The van der Waals surface area contributed by atoms with E-state index in [0.29, 0.717) is 6.07 Å². The van der Waals surface area contributed by atoms with Crippen molar-refractivity contribution in [3.63, 3.8) is 0 Å². The molecule has 1 aromatic carbocycles. The molecule has 0 bridgehead atoms. The number of carbonyl (C=O) groups excluding carboxylic acids is 1. The van der Waals surface area contributed by atoms with E-state index in [2.05, 4.69) is 0 Å². The molecule has 4 nitrogen and oxygen atoms in total. The van der Waals surface area contributed by atoms with Crippen LogP contribution in [0.15, 0.2) is 12.1 Å². The number of ketones is 1. The summed E-state index contributed by atoms with van der Waals surface area (Å²) in [5.74, 6) is -2.68. The van der Waals surface area contributed by atoms with Crippen LogP contribution >= 0.6 is 0 Å². The van der Waals surface area contributed by atoms with E-state index >= 15 is 0 Å². The fraction of sp³-hybridized carbons (Fsp3) is 0.462. The third-order valence-corrected chi connectivity index (χ3v) is 4.46. The van der Waals surface area contributed by atoms with Gasteiger partial charge in [-0.1, -0.05) is 6.92 Å². The van der Waals surface area contributed by atoms with E-state index in [-0.39, 0.29) is 35.8 Å². The molecule has 0 heterocycles. The van der Waals surface area contributed by atoms with Gasteiger partial charge in [-0.3, -0.25) is 4.79 Å². The zero-order valence-corrected chi connectivity index (χ0v) is 12.1. The van der Waals surface area contributed by atoms with Crippen molar-refractivity contribution in [3.05, 3.63) is 29.3 Å². The van der Waals surface area contributed by atoms with Gasteiger partial charge in [0.2, 0.25) is 0 Å². The molecule has 0 N–H and O–H groups in total. The van der Waals surface area contributed by atoms with Gasteiger partial charge < -0.3 is 4.74 Å². The first-order valence-electron chi connectivity index (χ1n) is 6.10. The maximum absolute atomic E-state index is 13.5. The number of sulfone groups is 1. The van der Waals surface area contributed by atoms with E-state index in [4.69, 9.17) is 4.74 Å². The molecule has 0 saturated heterocycles. The van der Waals surface area contributed by atoms with Gasteiger partial charge in [0.15, 0.2) is 5.78 Å². The molecule has 0 unspecified atom stereocenters. The summed E-state index contributed by atoms with van der Waals surface area (Å²) < 4.78 is 54.2. The first kappa shape index (κ1) is 16.6. The van der Waals surface area contributed by atoms with Crippen LogP contribution in [0, 0.1) is 11.6 Å². The fourth-order valence-corrected chi connectivity index (χ4v) is 2.46. The van der Waals surface area contributed by atoms with Gasteiger partial charge in [0, 0.05) is 17.9 Å². The van der Waals surface area contributed by atoms with Gasteiger partial charge in [0.1, 0.15) is 27.2 Å². The van der Waals surface area contributed by atoms with Gasteiger partial charge in [-0.15, -0.1) is 0 Å². The van der Waals surface area contributed by atoms with Crippen LogP contribution in [0.3, 0.4) is 0 Å². The van der Waals surface area contributed by atoms with Crippen molar-refractivity contribution in [1.82, 2.24) is 0 Å². The van der Waals surface area contributed by atoms with Crippen LogP contribution in [0.5, 0.6) is 5.75 Å². The molecule has 0 atom stereocenters. The highest BCUT2D eigenvalue weighted by Gasteiger charge is 2.17. The summed E-state index contributed by atoms with van der Waals surface area (Å²) in [6, 6.07) is 1.51. The molecule has 0 aliphatic carbocycles. The van der Waals surface area contributed by atoms with E-state index in [1.807, 2.05) is 0 Å². The quantitative estimate of drug-likeness (QED) is 0.573. The van der Waals surface area contributed by atoms with E-state index in [0.717, 1.165) is 13.0 Å². The van der Waals surface area contributed by atoms with Gasteiger partial charge in [0.05, 0.1) is 17.9 Å². The predicted molar refractivity (Wildman–Crippen MR) is 70.8 cm³/mol. The summed E-state index contributed by atoms with van der Waals surface area (Å²) in [5.41, 5.74) is -0.329. The maximum atomic E-state index is 13.5. The smallest absolute Gasteiger partial charge is 0.166 e. The third kappa shape index (κ3) is 4.56. The topological polar surface area (TPSA) is 60.4 Å². The second-order valence-electron chi connectivity index (χ2n) is 4.26. The van der Waals surface area contributed by atoms with Crippen molar-refractivity contribution in [1.29, 1.82) is 0 Å². The fourth-order valence-electron chi connectivity index (χ4n) is 1.61. The molecule has 0 amide bonds. The molecule has 1 aromatic rings. The Labute approximate surface area is 116 Å². The summed E-state index contributed by atoms with van der Waals surface area (Å²) in [6.45, 7) is 2.64. The Morgan fingerprint density at radius 2 is 1.95 bits per heavy atom. The SMILES string of the molecule is CCS(=O)(=O)CCCOc1cc(F)cc(F)c1C(C)=O. The second kappa shape index (κ2) is 6.78. The minimum Gasteiger partial charge on any atom is -0.493 e. The lowest BCUT2D eigenvalue weighted by Gasteiger charge is -2.10. The van der Waals surface area contributed by atoms with Crippen LogP contribution in [0.1, 0.15) is 30.6 Å². The standard InChI is InChI=1S/C13H16F2O4S/c1-3-20(17,18)6-4-5-19-12-8-10(14)7-11(15)13(12)9(2)16/h7-8H,3-6H2,1-2H3. The summed E-state index contributed by atoms with van der Waals surface area (Å²) >= 11 is 0. The number of ether oxygens (including phenoxy) is 1. The minimum atomic E-state index is -3.11. The average molecular weight is 306 g/mol. The molecule has 112 valence electrons. The van der Waals surface area contributed by atoms with Crippen molar-refractivity contribution >= 4 is 15.6 Å². The molecule has 1 rings (SSSR count). The molecule has 7 heteroatoms. The summed E-state index contributed by atoms with van der Waals surface area (Å²) in [6.07, 6.45) is 0.186. The lowest BCUT2D eigenvalue weighted by molar-refractivity contribution is 0.100. The first-order chi connectivity index (χ1) is 9.26. The summed E-state index contributed by atoms with van der Waals surface area (Å²) in [5, 5.41) is 0. The average Bonchev–Trinajstić information content (AvgIpc) is 2.33. The molecule has 0 aliphatic heterocycles. The lowest BCUT2D eigenvalue weighted by Crippen LogP contribution is -2.13. The highest BCUT2D eigenvalue weighted by molar-refractivity contribution is 7.91. The molecule has 0 radical (unpaired) electrons. The van der Waals surface area contributed by atoms with E-state index in [1.54, 1.807) is 0 Å². The number of benzene rings is 1. The van der Waals surface area contributed by atoms with E-state index in [1.165, 1.54) is 6.92 Å². The zero-order valence-electron chi connectivity index (χ0n) is 11.3. The second-order valence-corrected chi connectivity index (χ2v) is 6.73. The number of Topliss-reactive ketones (excluding diaryl/α,β-unsaturated/α-hetero) is 1. The first-order valence-corrected chi connectivity index (χ1v) is 7.92. The van der Waals surface area contributed by atoms with Crippen LogP contribution < -0.4 is 4.74 Å². The Bertz CT molecular complexity index is 597. The van der Waals surface area contributed by atoms with E-state index in [9.17, 15) is 22.0 Å². The normalized spacial score (nSPS) is 11.4. The van der Waals surface area contributed by atoms with Crippen molar-refractivity contribution in [2.45, 2.75) is 20.3 Å². The van der Waals surface area contributed by atoms with Crippen LogP contribution in [0.2, 0.25) is 0 Å². The maximum Gasteiger partial charge on any atom is 0.166 e. The van der Waals surface area contributed by atoms with Crippen molar-refractivity contribution in [2.24, 2.45) is 0 Å². The number of hydrogen-bond donors (Lipinski definition) is 0. The highest BCUT2D eigenvalue weighted by Crippen LogP contribution is 2.24. The van der Waals surface area contributed by atoms with E-state index < -0.39 is 27.3 Å². The number of halogens is 2. The van der Waals surface area contributed by atoms with Crippen LogP contribution in [0.25, 0.3) is 0 Å². The molecule has 0 aromatic heterocycles. The van der Waals surface area contributed by atoms with Crippen LogP contribution in [0.4, 0.5) is 8.78 Å². The highest BCUT2D eigenvalue weighted by atomic mass is 32.2. The van der Waals surface area contributed by atoms with Gasteiger partial charge in [-0.2, -0.15) is 0 Å². The zero-order chi connectivity index (χ0) is 15.3. The van der Waals surface area contributed by atoms with Gasteiger partial charge >= 0.3 is 0 Å². The molecule has 0 saturated carbocycles. The Morgan fingerprint density at radius 3 is 2.50 bits per heavy atom. The minimum absolute atomic E-state index is 0.0281. The number of rotatable bonds is 7. The Morgan fingerprint density at radius 1 is 1.30 bits per heavy atom. The van der Waals surface area contributed by atoms with Crippen LogP contribution in [-0.4, -0.2) is 32.3 Å². The van der Waals surface area contributed by atoms with Gasteiger partial charge in [0.25, 0.3) is 0 Å². The largest absolute Gasteiger partial charge is 0.493 e. The lowest BCUT2D eigenvalue weighted by atomic mass is 10.1. The van der Waals surface area contributed by atoms with Gasteiger partial charge in [-0.05, 0) is 13.3 Å². The monoisotopic (exact) mass is 306 g/mol.